The molecule has 5 nitrogen and oxygen atoms in total. The molecule has 156 valence electrons. The normalized spacial score (nSPS) is 17.4. The fourth-order valence-electron chi connectivity index (χ4n) is 3.49. The molecule has 10 heteroatoms. The van der Waals surface area contributed by atoms with E-state index >= 15 is 0 Å². The summed E-state index contributed by atoms with van der Waals surface area (Å²) in [7, 11) is 0. The number of piperazine rings is 1. The van der Waals surface area contributed by atoms with Gasteiger partial charge in [0.2, 0.25) is 0 Å². The number of benzene rings is 2. The van der Waals surface area contributed by atoms with Crippen molar-refractivity contribution in [3.05, 3.63) is 67.2 Å². The first-order valence-electron chi connectivity index (χ1n) is 8.96. The van der Waals surface area contributed by atoms with Crippen LogP contribution in [0, 0.1) is 0 Å². The van der Waals surface area contributed by atoms with E-state index in [2.05, 4.69) is 4.90 Å². The molecule has 2 aliphatic heterocycles. The van der Waals surface area contributed by atoms with E-state index in [1.54, 1.807) is 12.1 Å². The lowest BCUT2D eigenvalue weighted by Crippen LogP contribution is -2.47. The first kappa shape index (κ1) is 21.6. The number of anilines is 2. The second kappa shape index (κ2) is 8.48. The van der Waals surface area contributed by atoms with Crippen molar-refractivity contribution < 1.29 is 9.59 Å². The summed E-state index contributed by atoms with van der Waals surface area (Å²) in [5.41, 5.74) is 1.46. The number of hydrogen-bond acceptors (Lipinski definition) is 4. The molecule has 0 N–H and O–H groups in total. The molecule has 2 heterocycles. The Labute approximate surface area is 198 Å². The molecule has 0 unspecified atom stereocenters. The molecular weight excluding hydrogens is 492 g/mol. The summed E-state index contributed by atoms with van der Waals surface area (Å²) >= 11 is 30.4. The van der Waals surface area contributed by atoms with Gasteiger partial charge in [0.15, 0.2) is 0 Å². The Morgan fingerprint density at radius 2 is 1.10 bits per heavy atom. The molecule has 2 amide bonds. The highest BCUT2D eigenvalue weighted by Gasteiger charge is 2.42. The average molecular weight is 506 g/mol. The van der Waals surface area contributed by atoms with Gasteiger partial charge in [-0.3, -0.25) is 9.59 Å². The number of rotatable bonds is 3. The lowest BCUT2D eigenvalue weighted by atomic mass is 10.2. The third kappa shape index (κ3) is 3.85. The van der Waals surface area contributed by atoms with Gasteiger partial charge in [-0.25, -0.2) is 4.90 Å². The summed E-state index contributed by atoms with van der Waals surface area (Å²) in [5, 5.41) is 1.45. The van der Waals surface area contributed by atoms with E-state index < -0.39 is 11.8 Å². The summed E-state index contributed by atoms with van der Waals surface area (Å²) in [5.74, 6) is -1.06. The molecule has 0 bridgehead atoms. The maximum absolute atomic E-state index is 13.1. The monoisotopic (exact) mass is 503 g/mol. The first-order chi connectivity index (χ1) is 14.3. The molecule has 0 aliphatic carbocycles. The van der Waals surface area contributed by atoms with Gasteiger partial charge in [-0.05, 0) is 36.4 Å². The molecule has 2 aromatic rings. The van der Waals surface area contributed by atoms with Crippen molar-refractivity contribution >= 4 is 81.2 Å². The predicted octanol–water partition coefficient (Wildman–Crippen LogP) is 5.45. The highest BCUT2D eigenvalue weighted by atomic mass is 35.5. The first-order valence-corrected chi connectivity index (χ1v) is 10.9. The van der Waals surface area contributed by atoms with E-state index in [0.717, 1.165) is 10.6 Å². The van der Waals surface area contributed by atoms with Crippen LogP contribution < -0.4 is 9.80 Å². The molecule has 0 radical (unpaired) electrons. The van der Waals surface area contributed by atoms with Crippen LogP contribution in [0.4, 0.5) is 11.4 Å². The zero-order valence-electron chi connectivity index (χ0n) is 15.3. The molecule has 0 spiro atoms. The molecule has 0 atom stereocenters. The topological polar surface area (TPSA) is 43.9 Å². The number of carbonyl (C=O) groups is 2. The summed E-state index contributed by atoms with van der Waals surface area (Å²) in [6.07, 6.45) is 0. The fourth-order valence-corrected chi connectivity index (χ4v) is 4.36. The van der Waals surface area contributed by atoms with E-state index in [-0.39, 0.29) is 15.8 Å². The third-order valence-corrected chi connectivity index (χ3v) is 6.85. The smallest absolute Gasteiger partial charge is 0.283 e. The van der Waals surface area contributed by atoms with Crippen LogP contribution in [0.1, 0.15) is 0 Å². The quantitative estimate of drug-likeness (QED) is 0.521. The number of nitrogens with zero attached hydrogens (tertiary/aromatic N) is 3. The van der Waals surface area contributed by atoms with Crippen molar-refractivity contribution in [2.75, 3.05) is 36.0 Å². The van der Waals surface area contributed by atoms with Gasteiger partial charge in [-0.15, -0.1) is 0 Å². The highest BCUT2D eigenvalue weighted by Crippen LogP contribution is 2.35. The molecule has 2 aliphatic rings. The van der Waals surface area contributed by atoms with Gasteiger partial charge >= 0.3 is 0 Å². The number of halogens is 5. The van der Waals surface area contributed by atoms with Crippen LogP contribution in [0.5, 0.6) is 0 Å². The summed E-state index contributed by atoms with van der Waals surface area (Å²) in [4.78, 5) is 30.7. The van der Waals surface area contributed by atoms with Gasteiger partial charge in [0, 0.05) is 31.9 Å². The van der Waals surface area contributed by atoms with Gasteiger partial charge in [-0.1, -0.05) is 58.0 Å². The SMILES string of the molecule is O=C1C(Cl)=C(N2CCN(c3ccc(Cl)c(Cl)c3)CC2)C(=O)N1c1ccc(Cl)c(Cl)c1. The second-order valence-corrected chi connectivity index (χ2v) is 8.79. The number of amides is 2. The standard InChI is InChI=1S/C20H14Cl5N3O2/c21-13-3-1-11(9-15(13)23)26-5-7-27(8-6-26)18-17(25)19(29)28(20(18)30)12-2-4-14(22)16(24)10-12/h1-4,9-10H,5-8H2. The van der Waals surface area contributed by atoms with Gasteiger partial charge < -0.3 is 9.80 Å². The molecule has 2 aromatic carbocycles. The van der Waals surface area contributed by atoms with E-state index in [1.807, 2.05) is 17.0 Å². The molecule has 1 saturated heterocycles. The second-order valence-electron chi connectivity index (χ2n) is 6.78. The maximum atomic E-state index is 13.1. The summed E-state index contributed by atoms with van der Waals surface area (Å²) in [6.45, 7) is 2.28. The van der Waals surface area contributed by atoms with Crippen LogP contribution in [0.3, 0.4) is 0 Å². The van der Waals surface area contributed by atoms with Crippen LogP contribution in [0.2, 0.25) is 20.1 Å². The maximum Gasteiger partial charge on any atom is 0.283 e. The number of carbonyl (C=O) groups excluding carboxylic acids is 2. The Morgan fingerprint density at radius 3 is 1.67 bits per heavy atom. The molecule has 1 fully saturated rings. The average Bonchev–Trinajstić information content (AvgIpc) is 2.95. The van der Waals surface area contributed by atoms with Gasteiger partial charge in [0.1, 0.15) is 10.7 Å². The highest BCUT2D eigenvalue weighted by molar-refractivity contribution is 6.52. The number of hydrogen-bond donors (Lipinski definition) is 0. The van der Waals surface area contributed by atoms with E-state index in [9.17, 15) is 9.59 Å². The van der Waals surface area contributed by atoms with Crippen LogP contribution in [-0.4, -0.2) is 42.9 Å². The number of imide groups is 1. The lowest BCUT2D eigenvalue weighted by Gasteiger charge is -2.37. The minimum atomic E-state index is -0.582. The van der Waals surface area contributed by atoms with Crippen molar-refractivity contribution in [1.82, 2.24) is 4.90 Å². The Bertz CT molecular complexity index is 1080. The predicted molar refractivity (Wildman–Crippen MR) is 122 cm³/mol. The van der Waals surface area contributed by atoms with E-state index in [4.69, 9.17) is 58.0 Å². The Morgan fingerprint density at radius 1 is 0.600 bits per heavy atom. The molecule has 4 rings (SSSR count). The van der Waals surface area contributed by atoms with Crippen molar-refractivity contribution in [3.63, 3.8) is 0 Å². The zero-order valence-corrected chi connectivity index (χ0v) is 19.1. The summed E-state index contributed by atoms with van der Waals surface area (Å²) < 4.78 is 0. The van der Waals surface area contributed by atoms with Crippen molar-refractivity contribution in [1.29, 1.82) is 0 Å². The van der Waals surface area contributed by atoms with Gasteiger partial charge in [-0.2, -0.15) is 0 Å². The van der Waals surface area contributed by atoms with Gasteiger partial charge in [0.05, 0.1) is 25.8 Å². The fraction of sp³-hybridized carbons (Fsp3) is 0.200. The Hall–Kier alpha value is -1.63. The molecule has 0 saturated carbocycles. The third-order valence-electron chi connectivity index (χ3n) is 5.03. The zero-order chi connectivity index (χ0) is 21.6. The van der Waals surface area contributed by atoms with E-state index in [1.165, 1.54) is 12.1 Å². The Balaban J connectivity index is 1.52. The van der Waals surface area contributed by atoms with Crippen molar-refractivity contribution in [2.45, 2.75) is 0 Å². The van der Waals surface area contributed by atoms with Crippen LogP contribution in [0.15, 0.2) is 47.1 Å². The minimum absolute atomic E-state index is 0.103. The van der Waals surface area contributed by atoms with Crippen LogP contribution >= 0.6 is 58.0 Å². The van der Waals surface area contributed by atoms with Crippen molar-refractivity contribution in [3.8, 4) is 0 Å². The minimum Gasteiger partial charge on any atom is -0.368 e. The molecule has 0 aromatic heterocycles. The Kier molecular flexibility index (Phi) is 6.11. The van der Waals surface area contributed by atoms with Crippen molar-refractivity contribution in [2.24, 2.45) is 0 Å². The molecular formula is C20H14Cl5N3O2. The van der Waals surface area contributed by atoms with Crippen LogP contribution in [0.25, 0.3) is 0 Å². The van der Waals surface area contributed by atoms with Crippen LogP contribution in [-0.2, 0) is 9.59 Å². The molecule has 30 heavy (non-hydrogen) atoms. The lowest BCUT2D eigenvalue weighted by molar-refractivity contribution is -0.121. The van der Waals surface area contributed by atoms with Gasteiger partial charge in [0.25, 0.3) is 11.8 Å². The summed E-state index contributed by atoms with van der Waals surface area (Å²) in [6, 6.07) is 10.0. The van der Waals surface area contributed by atoms with E-state index in [0.29, 0.717) is 46.9 Å². The largest absolute Gasteiger partial charge is 0.368 e.